The number of anilines is 2. The summed E-state index contributed by atoms with van der Waals surface area (Å²) in [5.74, 6) is 1.97. The third-order valence-electron chi connectivity index (χ3n) is 4.25. The van der Waals surface area contributed by atoms with Gasteiger partial charge in [0.15, 0.2) is 5.16 Å². The van der Waals surface area contributed by atoms with Gasteiger partial charge in [-0.25, -0.2) is 0 Å². The van der Waals surface area contributed by atoms with Gasteiger partial charge in [-0.1, -0.05) is 51.8 Å². The third kappa shape index (κ3) is 4.03. The Morgan fingerprint density at radius 2 is 2.04 bits per heavy atom. The van der Waals surface area contributed by atoms with Gasteiger partial charge in [0.25, 0.3) is 5.56 Å². The van der Waals surface area contributed by atoms with E-state index in [1.54, 1.807) is 11.8 Å². The Kier molecular flexibility index (Phi) is 6.81. The van der Waals surface area contributed by atoms with Crippen LogP contribution in [0.15, 0.2) is 9.95 Å². The van der Waals surface area contributed by atoms with Gasteiger partial charge in [0.1, 0.15) is 11.5 Å². The summed E-state index contributed by atoms with van der Waals surface area (Å²) in [4.78, 5) is 19.0. The predicted molar refractivity (Wildman–Crippen MR) is 99.9 cm³/mol. The van der Waals surface area contributed by atoms with E-state index in [0.29, 0.717) is 18.4 Å². The Morgan fingerprint density at radius 1 is 1.26 bits per heavy atom. The molecule has 0 aliphatic carbocycles. The Labute approximate surface area is 143 Å². The fourth-order valence-electron chi connectivity index (χ4n) is 3.12. The summed E-state index contributed by atoms with van der Waals surface area (Å²) in [7, 11) is 0. The molecule has 1 aliphatic rings. The van der Waals surface area contributed by atoms with Crippen LogP contribution in [0, 0.1) is 0 Å². The number of nitrogens with one attached hydrogen (secondary N) is 1. The van der Waals surface area contributed by atoms with Gasteiger partial charge in [-0.2, -0.15) is 4.98 Å². The average Bonchev–Trinajstić information content (AvgIpc) is 2.93. The number of fused-ring (bicyclic) bond motifs is 1. The molecule has 0 saturated heterocycles. The van der Waals surface area contributed by atoms with Crippen molar-refractivity contribution in [2.75, 3.05) is 29.2 Å². The van der Waals surface area contributed by atoms with E-state index < -0.39 is 0 Å². The average molecular weight is 339 g/mol. The smallest absolute Gasteiger partial charge is 0.299 e. The molecule has 1 unspecified atom stereocenters. The molecule has 1 aliphatic heterocycles. The van der Waals surface area contributed by atoms with E-state index in [-0.39, 0.29) is 5.56 Å². The molecule has 0 spiro atoms. The number of unbranched alkanes of at least 4 members (excludes halogenated alkanes) is 2. The van der Waals surface area contributed by atoms with Crippen molar-refractivity contribution in [2.24, 2.45) is 0 Å². The largest absolute Gasteiger partial charge is 0.360 e. The summed E-state index contributed by atoms with van der Waals surface area (Å²) in [6, 6.07) is 0.358. The van der Waals surface area contributed by atoms with Gasteiger partial charge in [0.2, 0.25) is 0 Å². The van der Waals surface area contributed by atoms with Crippen molar-refractivity contribution in [2.45, 2.75) is 71.0 Å². The number of hydrogen-bond donors (Lipinski definition) is 1. The zero-order chi connectivity index (χ0) is 16.8. The lowest BCUT2D eigenvalue weighted by Crippen LogP contribution is -2.28. The quantitative estimate of drug-likeness (QED) is 0.417. The molecule has 130 valence electrons. The molecule has 0 aromatic carbocycles. The molecule has 0 saturated carbocycles. The number of rotatable bonds is 9. The number of nitrogens with zero attached hydrogens (tertiary/aromatic N) is 3. The fourth-order valence-corrected chi connectivity index (χ4v) is 3.93. The second kappa shape index (κ2) is 8.62. The van der Waals surface area contributed by atoms with Gasteiger partial charge in [0.05, 0.1) is 6.67 Å². The monoisotopic (exact) mass is 338 g/mol. The molecule has 0 amide bonds. The van der Waals surface area contributed by atoms with Crippen molar-refractivity contribution in [1.29, 1.82) is 0 Å². The highest BCUT2D eigenvalue weighted by Crippen LogP contribution is 2.35. The lowest BCUT2D eigenvalue weighted by Gasteiger charge is -2.27. The maximum Gasteiger partial charge on any atom is 0.299 e. The Hall–Kier alpha value is -1.17. The lowest BCUT2D eigenvalue weighted by atomic mass is 10.1. The topological polar surface area (TPSA) is 50.2 Å². The molecule has 5 nitrogen and oxygen atoms in total. The number of hydrogen-bond acceptors (Lipinski definition) is 5. The molecule has 6 heteroatoms. The van der Waals surface area contributed by atoms with Crippen molar-refractivity contribution in [3.05, 3.63) is 10.4 Å². The van der Waals surface area contributed by atoms with Crippen molar-refractivity contribution in [3.63, 3.8) is 0 Å². The second-order valence-corrected chi connectivity index (χ2v) is 7.38. The van der Waals surface area contributed by atoms with E-state index in [1.165, 1.54) is 19.3 Å². The van der Waals surface area contributed by atoms with E-state index in [4.69, 9.17) is 0 Å². The first-order valence-corrected chi connectivity index (χ1v) is 9.90. The van der Waals surface area contributed by atoms with E-state index in [1.807, 2.05) is 0 Å². The van der Waals surface area contributed by atoms with E-state index >= 15 is 0 Å². The van der Waals surface area contributed by atoms with Crippen molar-refractivity contribution in [1.82, 2.24) is 9.55 Å². The number of thioether (sulfide) groups is 1. The summed E-state index contributed by atoms with van der Waals surface area (Å²) < 4.78 is 2.30. The lowest BCUT2D eigenvalue weighted by molar-refractivity contribution is 0.439. The van der Waals surface area contributed by atoms with Gasteiger partial charge in [0, 0.05) is 12.6 Å². The van der Waals surface area contributed by atoms with Crippen molar-refractivity contribution < 1.29 is 0 Å². The molecule has 2 rings (SSSR count). The van der Waals surface area contributed by atoms with Crippen LogP contribution in [0.25, 0.3) is 0 Å². The highest BCUT2D eigenvalue weighted by Gasteiger charge is 2.28. The molecule has 1 atom stereocenters. The Bertz CT molecular complexity index is 572. The van der Waals surface area contributed by atoms with Crippen LogP contribution in [0.5, 0.6) is 0 Å². The minimum absolute atomic E-state index is 0.119. The molecule has 1 aromatic heterocycles. The Balaban J connectivity index is 2.43. The van der Waals surface area contributed by atoms with Crippen LogP contribution in [0.1, 0.15) is 65.8 Å². The van der Waals surface area contributed by atoms with Gasteiger partial charge in [-0.15, -0.1) is 0 Å². The standard InChI is InChI=1S/C17H30N4OS/c1-5-8-9-10-13(4)21-16-14(18-12-20(16)11-6-2)15(22)19-17(21)23-7-3/h13,18H,5-12H2,1-4H3. The molecular formula is C17H30N4OS. The zero-order valence-electron chi connectivity index (χ0n) is 14.9. The maximum absolute atomic E-state index is 12.4. The minimum Gasteiger partial charge on any atom is -0.360 e. The summed E-state index contributed by atoms with van der Waals surface area (Å²) in [5, 5.41) is 4.12. The van der Waals surface area contributed by atoms with Crippen LogP contribution in [-0.2, 0) is 0 Å². The highest BCUT2D eigenvalue weighted by molar-refractivity contribution is 7.99. The summed E-state index contributed by atoms with van der Waals surface area (Å²) in [6.45, 7) is 10.4. The van der Waals surface area contributed by atoms with Crippen molar-refractivity contribution in [3.8, 4) is 0 Å². The number of aromatic nitrogens is 2. The van der Waals surface area contributed by atoms with Crippen LogP contribution in [-0.4, -0.2) is 28.5 Å². The SMILES string of the molecule is CCCCCC(C)n1c(SCC)nc(=O)c2c1N(CCC)CN2. The van der Waals surface area contributed by atoms with Crippen LogP contribution in [0.2, 0.25) is 0 Å². The second-order valence-electron chi connectivity index (χ2n) is 6.14. The molecule has 1 N–H and O–H groups in total. The molecule has 23 heavy (non-hydrogen) atoms. The van der Waals surface area contributed by atoms with Gasteiger partial charge in [-0.3, -0.25) is 4.79 Å². The van der Waals surface area contributed by atoms with Crippen molar-refractivity contribution >= 4 is 23.3 Å². The van der Waals surface area contributed by atoms with Gasteiger partial charge in [-0.05, 0) is 25.5 Å². The first-order chi connectivity index (χ1) is 11.1. The van der Waals surface area contributed by atoms with E-state index in [0.717, 1.165) is 36.1 Å². The molecular weight excluding hydrogens is 308 g/mol. The third-order valence-corrected chi connectivity index (χ3v) is 5.08. The van der Waals surface area contributed by atoms with E-state index in [9.17, 15) is 4.79 Å². The van der Waals surface area contributed by atoms with E-state index in [2.05, 4.69) is 47.5 Å². The molecule has 1 aromatic rings. The minimum atomic E-state index is -0.119. The normalized spacial score (nSPS) is 14.7. The molecule has 0 bridgehead atoms. The van der Waals surface area contributed by atoms with Crippen LogP contribution < -0.4 is 15.8 Å². The maximum atomic E-state index is 12.4. The summed E-state index contributed by atoms with van der Waals surface area (Å²) in [6.07, 6.45) is 5.90. The Morgan fingerprint density at radius 3 is 2.70 bits per heavy atom. The van der Waals surface area contributed by atoms with Gasteiger partial charge < -0.3 is 14.8 Å². The summed E-state index contributed by atoms with van der Waals surface area (Å²) >= 11 is 1.67. The van der Waals surface area contributed by atoms with Crippen LogP contribution >= 0.6 is 11.8 Å². The molecule has 0 fully saturated rings. The fraction of sp³-hybridized carbons (Fsp3) is 0.765. The van der Waals surface area contributed by atoms with Gasteiger partial charge >= 0.3 is 0 Å². The summed E-state index contributed by atoms with van der Waals surface area (Å²) in [5.41, 5.74) is 0.563. The molecule has 2 heterocycles. The molecule has 0 radical (unpaired) electrons. The first-order valence-electron chi connectivity index (χ1n) is 8.92. The highest BCUT2D eigenvalue weighted by atomic mass is 32.2. The van der Waals surface area contributed by atoms with Crippen LogP contribution in [0.3, 0.4) is 0 Å². The predicted octanol–water partition coefficient (Wildman–Crippen LogP) is 4.10. The first kappa shape index (κ1) is 18.2. The zero-order valence-corrected chi connectivity index (χ0v) is 15.7. The van der Waals surface area contributed by atoms with Crippen LogP contribution in [0.4, 0.5) is 11.5 Å².